The van der Waals surface area contributed by atoms with Crippen LogP contribution in [0.2, 0.25) is 5.02 Å². The lowest BCUT2D eigenvalue weighted by Gasteiger charge is -2.09. The molecule has 0 bridgehead atoms. The molecular weight excluding hydrogens is 222 g/mol. The second-order valence-electron chi connectivity index (χ2n) is 3.26. The molecule has 0 saturated carbocycles. The fraction of sp³-hybridized carbons (Fsp3) is 0.167. The Morgan fingerprint density at radius 1 is 1.19 bits per heavy atom. The predicted molar refractivity (Wildman–Crippen MR) is 66.6 cm³/mol. The van der Waals surface area contributed by atoms with Gasteiger partial charge < -0.3 is 5.32 Å². The van der Waals surface area contributed by atoms with Crippen LogP contribution < -0.4 is 5.32 Å². The lowest BCUT2D eigenvalue weighted by molar-refractivity contribution is 1.12. The van der Waals surface area contributed by atoms with Crippen molar-refractivity contribution < 1.29 is 0 Å². The van der Waals surface area contributed by atoms with Crippen molar-refractivity contribution in [1.29, 1.82) is 0 Å². The summed E-state index contributed by atoms with van der Waals surface area (Å²) in [7, 11) is 0. The number of halogens is 1. The number of benzene rings is 1. The van der Waals surface area contributed by atoms with Crippen molar-refractivity contribution in [3.05, 3.63) is 41.7 Å². The molecule has 1 N–H and O–H groups in total. The molecule has 0 atom stereocenters. The minimum absolute atomic E-state index is 0.683. The van der Waals surface area contributed by atoms with Crippen LogP contribution in [-0.2, 0) is 0 Å². The van der Waals surface area contributed by atoms with Gasteiger partial charge in [0.05, 0.1) is 5.02 Å². The van der Waals surface area contributed by atoms with Crippen LogP contribution in [0.4, 0.5) is 5.82 Å². The fourth-order valence-corrected chi connectivity index (χ4v) is 1.71. The molecule has 0 unspecified atom stereocenters. The minimum Gasteiger partial charge on any atom is -0.369 e. The standard InChI is InChI=1S/C12H12ClN3/c1-2-14-12-11(15-7-8-16-12)9-5-3-4-6-10(9)13/h3-8H,2H2,1H3,(H,14,16). The van der Waals surface area contributed by atoms with E-state index < -0.39 is 0 Å². The normalized spacial score (nSPS) is 10.1. The van der Waals surface area contributed by atoms with E-state index in [0.717, 1.165) is 23.6 Å². The van der Waals surface area contributed by atoms with Crippen LogP contribution in [0.5, 0.6) is 0 Å². The van der Waals surface area contributed by atoms with Gasteiger partial charge in [-0.2, -0.15) is 0 Å². The second kappa shape index (κ2) is 4.94. The predicted octanol–water partition coefficient (Wildman–Crippen LogP) is 3.23. The highest BCUT2D eigenvalue weighted by Gasteiger charge is 2.09. The zero-order valence-electron chi connectivity index (χ0n) is 8.94. The minimum atomic E-state index is 0.683. The SMILES string of the molecule is CCNc1nccnc1-c1ccccc1Cl. The fourth-order valence-electron chi connectivity index (χ4n) is 1.49. The monoisotopic (exact) mass is 233 g/mol. The first-order chi connectivity index (χ1) is 7.83. The largest absolute Gasteiger partial charge is 0.369 e. The van der Waals surface area contributed by atoms with Crippen molar-refractivity contribution in [3.63, 3.8) is 0 Å². The third kappa shape index (κ3) is 2.14. The zero-order valence-corrected chi connectivity index (χ0v) is 9.70. The van der Waals surface area contributed by atoms with Crippen LogP contribution in [-0.4, -0.2) is 16.5 Å². The molecule has 1 aromatic heterocycles. The smallest absolute Gasteiger partial charge is 0.152 e. The first-order valence-electron chi connectivity index (χ1n) is 5.12. The lowest BCUT2D eigenvalue weighted by atomic mass is 10.1. The Bertz CT molecular complexity index is 485. The van der Waals surface area contributed by atoms with E-state index in [9.17, 15) is 0 Å². The first-order valence-corrected chi connectivity index (χ1v) is 5.50. The molecule has 0 fully saturated rings. The maximum absolute atomic E-state index is 6.14. The third-order valence-corrected chi connectivity index (χ3v) is 2.50. The molecule has 1 heterocycles. The molecule has 0 aliphatic heterocycles. The molecule has 4 heteroatoms. The summed E-state index contributed by atoms with van der Waals surface area (Å²) in [5, 5.41) is 3.85. The molecule has 1 aromatic carbocycles. The summed E-state index contributed by atoms with van der Waals surface area (Å²) in [4.78, 5) is 8.57. The van der Waals surface area contributed by atoms with E-state index in [0.29, 0.717) is 5.02 Å². The number of anilines is 1. The molecule has 2 rings (SSSR count). The van der Waals surface area contributed by atoms with Crippen molar-refractivity contribution in [1.82, 2.24) is 9.97 Å². The summed E-state index contributed by atoms with van der Waals surface area (Å²) in [6.45, 7) is 2.82. The molecule has 0 saturated heterocycles. The van der Waals surface area contributed by atoms with Crippen LogP contribution in [0.15, 0.2) is 36.7 Å². The van der Waals surface area contributed by atoms with Gasteiger partial charge in [-0.15, -0.1) is 0 Å². The van der Waals surface area contributed by atoms with Crippen LogP contribution >= 0.6 is 11.6 Å². The van der Waals surface area contributed by atoms with Crippen LogP contribution in [0.3, 0.4) is 0 Å². The highest BCUT2D eigenvalue weighted by molar-refractivity contribution is 6.33. The van der Waals surface area contributed by atoms with Crippen LogP contribution in [0.1, 0.15) is 6.92 Å². The highest BCUT2D eigenvalue weighted by atomic mass is 35.5. The molecule has 0 aliphatic carbocycles. The van der Waals surface area contributed by atoms with Crippen molar-refractivity contribution >= 4 is 17.4 Å². The Morgan fingerprint density at radius 3 is 2.69 bits per heavy atom. The molecule has 2 aromatic rings. The van der Waals surface area contributed by atoms with Gasteiger partial charge in [0.2, 0.25) is 0 Å². The molecule has 0 spiro atoms. The number of hydrogen-bond acceptors (Lipinski definition) is 3. The maximum atomic E-state index is 6.14. The summed E-state index contributed by atoms with van der Waals surface area (Å²) in [5.41, 5.74) is 1.68. The lowest BCUT2D eigenvalue weighted by Crippen LogP contribution is -2.02. The van der Waals surface area contributed by atoms with Gasteiger partial charge in [-0.05, 0) is 13.0 Å². The molecule has 82 valence electrons. The van der Waals surface area contributed by atoms with E-state index >= 15 is 0 Å². The molecule has 16 heavy (non-hydrogen) atoms. The van der Waals surface area contributed by atoms with Gasteiger partial charge in [-0.3, -0.25) is 4.98 Å². The molecule has 0 amide bonds. The Labute approximate surface area is 99.5 Å². The van der Waals surface area contributed by atoms with Crippen molar-refractivity contribution in [2.45, 2.75) is 6.92 Å². The van der Waals surface area contributed by atoms with E-state index in [1.165, 1.54) is 0 Å². The maximum Gasteiger partial charge on any atom is 0.152 e. The third-order valence-electron chi connectivity index (χ3n) is 2.17. The summed E-state index contributed by atoms with van der Waals surface area (Å²) >= 11 is 6.14. The number of nitrogens with one attached hydrogen (secondary N) is 1. The molecule has 0 radical (unpaired) electrons. The first kappa shape index (κ1) is 10.9. The van der Waals surface area contributed by atoms with Crippen LogP contribution in [0.25, 0.3) is 11.3 Å². The van der Waals surface area contributed by atoms with E-state index in [2.05, 4.69) is 15.3 Å². The number of nitrogens with zero attached hydrogens (tertiary/aromatic N) is 2. The average molecular weight is 234 g/mol. The Kier molecular flexibility index (Phi) is 3.37. The summed E-state index contributed by atoms with van der Waals surface area (Å²) in [6.07, 6.45) is 3.33. The Morgan fingerprint density at radius 2 is 1.94 bits per heavy atom. The van der Waals surface area contributed by atoms with Crippen molar-refractivity contribution in [3.8, 4) is 11.3 Å². The van der Waals surface area contributed by atoms with Gasteiger partial charge in [-0.1, -0.05) is 29.8 Å². The zero-order chi connectivity index (χ0) is 11.4. The number of aromatic nitrogens is 2. The van der Waals surface area contributed by atoms with Gasteiger partial charge in [0.15, 0.2) is 5.82 Å². The summed E-state index contributed by atoms with van der Waals surface area (Å²) < 4.78 is 0. The summed E-state index contributed by atoms with van der Waals surface area (Å²) in [6, 6.07) is 7.62. The van der Waals surface area contributed by atoms with Gasteiger partial charge in [0.1, 0.15) is 5.69 Å². The summed E-state index contributed by atoms with van der Waals surface area (Å²) in [5.74, 6) is 0.762. The van der Waals surface area contributed by atoms with E-state index in [1.54, 1.807) is 12.4 Å². The Balaban J connectivity index is 2.51. The van der Waals surface area contributed by atoms with Gasteiger partial charge in [0, 0.05) is 24.5 Å². The molecule has 3 nitrogen and oxygen atoms in total. The van der Waals surface area contributed by atoms with E-state index in [1.807, 2.05) is 31.2 Å². The van der Waals surface area contributed by atoms with Gasteiger partial charge >= 0.3 is 0 Å². The molecule has 0 aliphatic rings. The quantitative estimate of drug-likeness (QED) is 0.885. The van der Waals surface area contributed by atoms with Crippen molar-refractivity contribution in [2.24, 2.45) is 0 Å². The van der Waals surface area contributed by atoms with Crippen molar-refractivity contribution in [2.75, 3.05) is 11.9 Å². The highest BCUT2D eigenvalue weighted by Crippen LogP contribution is 2.29. The number of rotatable bonds is 3. The van der Waals surface area contributed by atoms with E-state index in [-0.39, 0.29) is 0 Å². The van der Waals surface area contributed by atoms with Gasteiger partial charge in [-0.25, -0.2) is 4.98 Å². The number of hydrogen-bond donors (Lipinski definition) is 1. The Hall–Kier alpha value is -1.61. The van der Waals surface area contributed by atoms with E-state index in [4.69, 9.17) is 11.6 Å². The van der Waals surface area contributed by atoms with Gasteiger partial charge in [0.25, 0.3) is 0 Å². The average Bonchev–Trinajstić information content (AvgIpc) is 2.31. The molecular formula is C12H12ClN3. The second-order valence-corrected chi connectivity index (χ2v) is 3.67. The van der Waals surface area contributed by atoms with Crippen LogP contribution in [0, 0.1) is 0 Å². The topological polar surface area (TPSA) is 37.8 Å².